The van der Waals surface area contributed by atoms with Crippen molar-refractivity contribution >= 4 is 11.2 Å². The highest BCUT2D eigenvalue weighted by Crippen LogP contribution is 2.28. The SMILES string of the molecule is CC(C)(C)c1nc2cccnc2n1-c1ccco1. The third-order valence-electron chi connectivity index (χ3n) is 2.81. The number of rotatable bonds is 1. The number of hydrogen-bond acceptors (Lipinski definition) is 3. The van der Waals surface area contributed by atoms with E-state index < -0.39 is 0 Å². The van der Waals surface area contributed by atoms with E-state index in [0.717, 1.165) is 22.9 Å². The van der Waals surface area contributed by atoms with Crippen LogP contribution in [-0.2, 0) is 5.41 Å². The zero-order valence-corrected chi connectivity index (χ0v) is 10.7. The van der Waals surface area contributed by atoms with Gasteiger partial charge in [-0.05, 0) is 18.2 Å². The number of aromatic nitrogens is 3. The van der Waals surface area contributed by atoms with Gasteiger partial charge in [0, 0.05) is 17.7 Å². The molecule has 0 radical (unpaired) electrons. The molecule has 0 spiro atoms. The summed E-state index contributed by atoms with van der Waals surface area (Å²) in [5.41, 5.74) is 1.64. The van der Waals surface area contributed by atoms with Crippen LogP contribution in [0.3, 0.4) is 0 Å². The first kappa shape index (κ1) is 11.0. The molecule has 0 unspecified atom stereocenters. The summed E-state index contributed by atoms with van der Waals surface area (Å²) in [6.45, 7) is 6.40. The summed E-state index contributed by atoms with van der Waals surface area (Å²) in [6.07, 6.45) is 3.44. The Labute approximate surface area is 105 Å². The smallest absolute Gasteiger partial charge is 0.206 e. The summed E-state index contributed by atoms with van der Waals surface area (Å²) >= 11 is 0. The second-order valence-corrected chi connectivity index (χ2v) is 5.32. The molecule has 0 aliphatic heterocycles. The Morgan fingerprint density at radius 2 is 2.00 bits per heavy atom. The van der Waals surface area contributed by atoms with Crippen molar-refractivity contribution in [1.29, 1.82) is 0 Å². The fraction of sp³-hybridized carbons (Fsp3) is 0.286. The van der Waals surface area contributed by atoms with Crippen molar-refractivity contribution in [2.24, 2.45) is 0 Å². The van der Waals surface area contributed by atoms with Crippen molar-refractivity contribution in [2.45, 2.75) is 26.2 Å². The van der Waals surface area contributed by atoms with Crippen LogP contribution >= 0.6 is 0 Å². The molecule has 18 heavy (non-hydrogen) atoms. The van der Waals surface area contributed by atoms with Gasteiger partial charge in [0.25, 0.3) is 0 Å². The fourth-order valence-electron chi connectivity index (χ4n) is 2.02. The maximum absolute atomic E-state index is 5.50. The number of fused-ring (bicyclic) bond motifs is 1. The van der Waals surface area contributed by atoms with Crippen LogP contribution in [-0.4, -0.2) is 14.5 Å². The maximum atomic E-state index is 5.50. The largest absolute Gasteiger partial charge is 0.448 e. The third-order valence-corrected chi connectivity index (χ3v) is 2.81. The summed E-state index contributed by atoms with van der Waals surface area (Å²) in [4.78, 5) is 9.09. The Kier molecular flexibility index (Phi) is 2.26. The van der Waals surface area contributed by atoms with Gasteiger partial charge in [0.05, 0.1) is 6.26 Å². The van der Waals surface area contributed by atoms with Gasteiger partial charge in [-0.25, -0.2) is 14.5 Å². The van der Waals surface area contributed by atoms with Gasteiger partial charge in [0.2, 0.25) is 5.88 Å². The quantitative estimate of drug-likeness (QED) is 0.656. The first-order chi connectivity index (χ1) is 8.57. The number of imidazole rings is 1. The van der Waals surface area contributed by atoms with Crippen LogP contribution in [0.4, 0.5) is 0 Å². The zero-order chi connectivity index (χ0) is 12.8. The average Bonchev–Trinajstić information content (AvgIpc) is 2.94. The summed E-state index contributed by atoms with van der Waals surface area (Å²) in [5, 5.41) is 0. The standard InChI is InChI=1S/C14H15N3O/c1-14(2,3)13-16-10-6-4-8-15-12(10)17(13)11-7-5-9-18-11/h4-9H,1-3H3. The molecule has 3 aromatic heterocycles. The lowest BCUT2D eigenvalue weighted by Gasteiger charge is -2.18. The van der Waals surface area contributed by atoms with Crippen LogP contribution in [0.2, 0.25) is 0 Å². The zero-order valence-electron chi connectivity index (χ0n) is 10.7. The monoisotopic (exact) mass is 241 g/mol. The van der Waals surface area contributed by atoms with E-state index >= 15 is 0 Å². The van der Waals surface area contributed by atoms with E-state index in [1.165, 1.54) is 0 Å². The van der Waals surface area contributed by atoms with Crippen molar-refractivity contribution in [3.05, 3.63) is 42.5 Å². The van der Waals surface area contributed by atoms with Crippen molar-refractivity contribution in [1.82, 2.24) is 14.5 Å². The average molecular weight is 241 g/mol. The van der Waals surface area contributed by atoms with Gasteiger partial charge in [-0.3, -0.25) is 0 Å². The summed E-state index contributed by atoms with van der Waals surface area (Å²) < 4.78 is 7.49. The molecule has 0 bridgehead atoms. The van der Waals surface area contributed by atoms with E-state index in [1.54, 1.807) is 12.5 Å². The Morgan fingerprint density at radius 3 is 2.67 bits per heavy atom. The highest BCUT2D eigenvalue weighted by molar-refractivity contribution is 5.73. The molecule has 0 aliphatic rings. The maximum Gasteiger partial charge on any atom is 0.206 e. The molecule has 4 heteroatoms. The summed E-state index contributed by atoms with van der Waals surface area (Å²) in [7, 11) is 0. The lowest BCUT2D eigenvalue weighted by Crippen LogP contribution is -2.18. The lowest BCUT2D eigenvalue weighted by molar-refractivity contribution is 0.493. The predicted molar refractivity (Wildman–Crippen MR) is 69.8 cm³/mol. The molecule has 0 fully saturated rings. The molecule has 3 rings (SSSR count). The summed E-state index contributed by atoms with van der Waals surface area (Å²) in [5.74, 6) is 1.70. The minimum atomic E-state index is -0.0759. The molecule has 0 N–H and O–H groups in total. The van der Waals surface area contributed by atoms with Crippen molar-refractivity contribution < 1.29 is 4.42 Å². The van der Waals surface area contributed by atoms with Crippen LogP contribution in [0.25, 0.3) is 17.0 Å². The van der Waals surface area contributed by atoms with Crippen molar-refractivity contribution in [3.8, 4) is 5.88 Å². The Hall–Kier alpha value is -2.10. The molecule has 0 aliphatic carbocycles. The number of nitrogens with zero attached hydrogens (tertiary/aromatic N) is 3. The Bertz CT molecular complexity index is 675. The number of hydrogen-bond donors (Lipinski definition) is 0. The van der Waals surface area contributed by atoms with Gasteiger partial charge in [-0.15, -0.1) is 0 Å². The Morgan fingerprint density at radius 1 is 1.17 bits per heavy atom. The normalized spacial score (nSPS) is 12.2. The third kappa shape index (κ3) is 1.61. The van der Waals surface area contributed by atoms with Gasteiger partial charge >= 0.3 is 0 Å². The summed E-state index contributed by atoms with van der Waals surface area (Å²) in [6, 6.07) is 7.66. The van der Waals surface area contributed by atoms with E-state index in [-0.39, 0.29) is 5.41 Å². The van der Waals surface area contributed by atoms with Gasteiger partial charge in [-0.1, -0.05) is 20.8 Å². The minimum absolute atomic E-state index is 0.0759. The molecule has 0 aromatic carbocycles. The Balaban J connectivity index is 2.39. The van der Waals surface area contributed by atoms with E-state index in [4.69, 9.17) is 4.42 Å². The van der Waals surface area contributed by atoms with Crippen LogP contribution in [0.5, 0.6) is 0 Å². The molecule has 0 saturated heterocycles. The van der Waals surface area contributed by atoms with Gasteiger partial charge in [-0.2, -0.15) is 0 Å². The van der Waals surface area contributed by atoms with Crippen molar-refractivity contribution in [3.63, 3.8) is 0 Å². The first-order valence-electron chi connectivity index (χ1n) is 5.95. The van der Waals surface area contributed by atoms with Crippen LogP contribution < -0.4 is 0 Å². The van der Waals surface area contributed by atoms with Crippen molar-refractivity contribution in [2.75, 3.05) is 0 Å². The van der Waals surface area contributed by atoms with Crippen LogP contribution in [0.15, 0.2) is 41.1 Å². The van der Waals surface area contributed by atoms with E-state index in [1.807, 2.05) is 28.8 Å². The first-order valence-corrected chi connectivity index (χ1v) is 5.95. The van der Waals surface area contributed by atoms with E-state index in [9.17, 15) is 0 Å². The molecule has 4 nitrogen and oxygen atoms in total. The second kappa shape index (κ2) is 3.70. The molecular weight excluding hydrogens is 226 g/mol. The molecule has 92 valence electrons. The topological polar surface area (TPSA) is 43.9 Å². The molecule has 3 heterocycles. The molecule has 0 saturated carbocycles. The number of furan rings is 1. The second-order valence-electron chi connectivity index (χ2n) is 5.32. The highest BCUT2D eigenvalue weighted by atomic mass is 16.3. The molecule has 3 aromatic rings. The molecule has 0 amide bonds. The molecular formula is C14H15N3O. The van der Waals surface area contributed by atoms with Gasteiger partial charge in [0.1, 0.15) is 11.3 Å². The highest BCUT2D eigenvalue weighted by Gasteiger charge is 2.25. The van der Waals surface area contributed by atoms with Crippen LogP contribution in [0, 0.1) is 0 Å². The van der Waals surface area contributed by atoms with Gasteiger partial charge < -0.3 is 4.42 Å². The van der Waals surface area contributed by atoms with E-state index in [0.29, 0.717) is 0 Å². The minimum Gasteiger partial charge on any atom is -0.448 e. The number of pyridine rings is 1. The van der Waals surface area contributed by atoms with E-state index in [2.05, 4.69) is 30.7 Å². The predicted octanol–water partition coefficient (Wildman–Crippen LogP) is 3.31. The fourth-order valence-corrected chi connectivity index (χ4v) is 2.02. The van der Waals surface area contributed by atoms with Crippen LogP contribution in [0.1, 0.15) is 26.6 Å². The molecule has 0 atom stereocenters. The van der Waals surface area contributed by atoms with Gasteiger partial charge in [0.15, 0.2) is 5.65 Å². The lowest BCUT2D eigenvalue weighted by atomic mass is 9.96.